The second-order valence-corrected chi connectivity index (χ2v) is 7.15. The molecule has 1 aromatic rings. The summed E-state index contributed by atoms with van der Waals surface area (Å²) in [6, 6.07) is 6.56. The summed E-state index contributed by atoms with van der Waals surface area (Å²) in [5.74, 6) is 1.43. The zero-order valence-electron chi connectivity index (χ0n) is 13.8. The molecule has 1 amide bonds. The van der Waals surface area contributed by atoms with Gasteiger partial charge in [-0.05, 0) is 62.0 Å². The summed E-state index contributed by atoms with van der Waals surface area (Å²) < 4.78 is 0. The van der Waals surface area contributed by atoms with Gasteiger partial charge in [0.05, 0.1) is 0 Å². The zero-order valence-corrected chi connectivity index (χ0v) is 13.8. The van der Waals surface area contributed by atoms with Crippen LogP contribution in [0.5, 0.6) is 0 Å². The molecule has 2 aliphatic carbocycles. The van der Waals surface area contributed by atoms with Crippen molar-refractivity contribution in [2.45, 2.75) is 58.4 Å². The van der Waals surface area contributed by atoms with E-state index in [2.05, 4.69) is 37.4 Å². The Bertz CT molecular complexity index is 540. The standard InChI is InChI=1S/C19H28N2O/c1-3-13-7-4-6-12(2)18(13)21-19(22)16-10-14-8-5-9-15(11-16)17(14)20/h4,6-7,14-17H,3,5,8-11,20H2,1-2H3,(H,21,22). The van der Waals surface area contributed by atoms with Crippen molar-refractivity contribution in [3.8, 4) is 0 Å². The van der Waals surface area contributed by atoms with E-state index in [0.717, 1.165) is 30.5 Å². The van der Waals surface area contributed by atoms with Gasteiger partial charge < -0.3 is 11.1 Å². The van der Waals surface area contributed by atoms with Crippen molar-refractivity contribution in [3.63, 3.8) is 0 Å². The number of hydrogen-bond donors (Lipinski definition) is 2. The summed E-state index contributed by atoms with van der Waals surface area (Å²) >= 11 is 0. The summed E-state index contributed by atoms with van der Waals surface area (Å²) in [5.41, 5.74) is 9.74. The molecule has 0 aliphatic heterocycles. The average Bonchev–Trinajstić information content (AvgIpc) is 2.48. The summed E-state index contributed by atoms with van der Waals surface area (Å²) in [5, 5.41) is 3.22. The second-order valence-electron chi connectivity index (χ2n) is 7.15. The number of amides is 1. The number of para-hydroxylation sites is 1. The van der Waals surface area contributed by atoms with Crippen LogP contribution in [0.1, 0.15) is 50.2 Å². The maximum absolute atomic E-state index is 12.8. The third kappa shape index (κ3) is 2.91. The van der Waals surface area contributed by atoms with Crippen LogP contribution >= 0.6 is 0 Å². The number of fused-ring (bicyclic) bond motifs is 2. The molecular formula is C19H28N2O. The highest BCUT2D eigenvalue weighted by Gasteiger charge is 2.40. The first-order valence-corrected chi connectivity index (χ1v) is 8.75. The molecule has 0 spiro atoms. The lowest BCUT2D eigenvalue weighted by Gasteiger charge is -2.43. The monoisotopic (exact) mass is 300 g/mol. The van der Waals surface area contributed by atoms with Crippen molar-refractivity contribution >= 4 is 11.6 Å². The van der Waals surface area contributed by atoms with Crippen LogP contribution in [0.3, 0.4) is 0 Å². The summed E-state index contributed by atoms with van der Waals surface area (Å²) in [6.07, 6.45) is 6.57. The van der Waals surface area contributed by atoms with Crippen molar-refractivity contribution in [1.82, 2.24) is 0 Å². The fourth-order valence-electron chi connectivity index (χ4n) is 4.43. The Balaban J connectivity index is 1.73. The molecule has 2 fully saturated rings. The van der Waals surface area contributed by atoms with E-state index in [1.54, 1.807) is 0 Å². The minimum Gasteiger partial charge on any atom is -0.327 e. The van der Waals surface area contributed by atoms with Crippen LogP contribution in [0.25, 0.3) is 0 Å². The molecule has 0 radical (unpaired) electrons. The van der Waals surface area contributed by atoms with Gasteiger partial charge in [0.15, 0.2) is 0 Å². The molecule has 0 heterocycles. The second kappa shape index (κ2) is 6.41. The first-order valence-electron chi connectivity index (χ1n) is 8.75. The van der Waals surface area contributed by atoms with Crippen molar-refractivity contribution < 1.29 is 4.79 Å². The Morgan fingerprint density at radius 1 is 1.27 bits per heavy atom. The lowest BCUT2D eigenvalue weighted by molar-refractivity contribution is -0.122. The summed E-state index contributed by atoms with van der Waals surface area (Å²) in [7, 11) is 0. The Morgan fingerprint density at radius 2 is 1.95 bits per heavy atom. The van der Waals surface area contributed by atoms with Crippen LogP contribution in [-0.2, 0) is 11.2 Å². The number of nitrogens with two attached hydrogens (primary N) is 1. The van der Waals surface area contributed by atoms with Gasteiger partial charge in [0.25, 0.3) is 0 Å². The third-order valence-electron chi connectivity index (χ3n) is 5.77. The molecule has 3 heteroatoms. The van der Waals surface area contributed by atoms with E-state index in [4.69, 9.17) is 5.73 Å². The SMILES string of the molecule is CCc1cccc(C)c1NC(=O)C1CC2CCCC(C1)C2N. The van der Waals surface area contributed by atoms with Crippen molar-refractivity contribution in [2.24, 2.45) is 23.5 Å². The molecule has 3 nitrogen and oxygen atoms in total. The molecule has 2 saturated carbocycles. The van der Waals surface area contributed by atoms with Crippen LogP contribution in [-0.4, -0.2) is 11.9 Å². The topological polar surface area (TPSA) is 55.1 Å². The Hall–Kier alpha value is -1.35. The van der Waals surface area contributed by atoms with Crippen LogP contribution in [0.2, 0.25) is 0 Å². The first kappa shape index (κ1) is 15.5. The van der Waals surface area contributed by atoms with E-state index in [-0.39, 0.29) is 11.8 Å². The molecule has 2 bridgehead atoms. The lowest BCUT2D eigenvalue weighted by Crippen LogP contribution is -2.48. The molecular weight excluding hydrogens is 272 g/mol. The molecule has 0 aromatic heterocycles. The smallest absolute Gasteiger partial charge is 0.227 e. The van der Waals surface area contributed by atoms with Crippen LogP contribution in [0.4, 0.5) is 5.69 Å². The highest BCUT2D eigenvalue weighted by Crippen LogP contribution is 2.42. The molecule has 2 atom stereocenters. The molecule has 2 unspecified atom stereocenters. The van der Waals surface area contributed by atoms with Gasteiger partial charge in [0, 0.05) is 17.6 Å². The number of rotatable bonds is 3. The van der Waals surface area contributed by atoms with E-state index in [1.807, 2.05) is 0 Å². The lowest BCUT2D eigenvalue weighted by atomic mass is 9.65. The van der Waals surface area contributed by atoms with Crippen LogP contribution in [0, 0.1) is 24.7 Å². The predicted octanol–water partition coefficient (Wildman–Crippen LogP) is 3.65. The minimum atomic E-state index is 0.138. The summed E-state index contributed by atoms with van der Waals surface area (Å²) in [4.78, 5) is 12.8. The summed E-state index contributed by atoms with van der Waals surface area (Å²) in [6.45, 7) is 4.20. The Kier molecular flexibility index (Phi) is 4.53. The molecule has 22 heavy (non-hydrogen) atoms. The van der Waals surface area contributed by atoms with Gasteiger partial charge in [0.1, 0.15) is 0 Å². The van der Waals surface area contributed by atoms with E-state index >= 15 is 0 Å². The fourth-order valence-corrected chi connectivity index (χ4v) is 4.43. The van der Waals surface area contributed by atoms with E-state index < -0.39 is 0 Å². The average molecular weight is 300 g/mol. The maximum Gasteiger partial charge on any atom is 0.227 e. The van der Waals surface area contributed by atoms with Crippen molar-refractivity contribution in [3.05, 3.63) is 29.3 Å². The molecule has 120 valence electrons. The molecule has 0 saturated heterocycles. The minimum absolute atomic E-state index is 0.138. The highest BCUT2D eigenvalue weighted by atomic mass is 16.1. The van der Waals surface area contributed by atoms with E-state index in [0.29, 0.717) is 17.9 Å². The predicted molar refractivity (Wildman–Crippen MR) is 90.7 cm³/mol. The van der Waals surface area contributed by atoms with Crippen molar-refractivity contribution in [1.29, 1.82) is 0 Å². The van der Waals surface area contributed by atoms with Gasteiger partial charge in [0.2, 0.25) is 5.91 Å². The highest BCUT2D eigenvalue weighted by molar-refractivity contribution is 5.94. The Morgan fingerprint density at radius 3 is 2.59 bits per heavy atom. The maximum atomic E-state index is 12.8. The first-order chi connectivity index (χ1) is 10.6. The number of carbonyl (C=O) groups excluding carboxylic acids is 1. The molecule has 2 aliphatic rings. The number of benzene rings is 1. The normalized spacial score (nSPS) is 30.9. The van der Waals surface area contributed by atoms with Gasteiger partial charge >= 0.3 is 0 Å². The van der Waals surface area contributed by atoms with E-state index in [9.17, 15) is 4.79 Å². The van der Waals surface area contributed by atoms with E-state index in [1.165, 1.54) is 24.8 Å². The number of anilines is 1. The van der Waals surface area contributed by atoms with Gasteiger partial charge in [-0.15, -0.1) is 0 Å². The molecule has 3 N–H and O–H groups in total. The fraction of sp³-hybridized carbons (Fsp3) is 0.632. The van der Waals surface area contributed by atoms with Crippen LogP contribution < -0.4 is 11.1 Å². The quantitative estimate of drug-likeness (QED) is 0.895. The van der Waals surface area contributed by atoms with Gasteiger partial charge in [-0.3, -0.25) is 4.79 Å². The van der Waals surface area contributed by atoms with Gasteiger partial charge in [-0.2, -0.15) is 0 Å². The number of hydrogen-bond acceptors (Lipinski definition) is 2. The zero-order chi connectivity index (χ0) is 15.7. The number of carbonyl (C=O) groups is 1. The molecule has 1 aromatic carbocycles. The third-order valence-corrected chi connectivity index (χ3v) is 5.77. The Labute approximate surface area is 133 Å². The number of nitrogens with one attached hydrogen (secondary N) is 1. The number of aryl methyl sites for hydroxylation is 2. The van der Waals surface area contributed by atoms with Gasteiger partial charge in [-0.1, -0.05) is 31.5 Å². The van der Waals surface area contributed by atoms with Crippen LogP contribution in [0.15, 0.2) is 18.2 Å². The van der Waals surface area contributed by atoms with Gasteiger partial charge in [-0.25, -0.2) is 0 Å². The van der Waals surface area contributed by atoms with Crippen molar-refractivity contribution in [2.75, 3.05) is 5.32 Å². The molecule has 3 rings (SSSR count). The largest absolute Gasteiger partial charge is 0.327 e.